The highest BCUT2D eigenvalue weighted by Gasteiger charge is 2.40. The zero-order chi connectivity index (χ0) is 62.2. The molecule has 0 spiro atoms. The zero-order valence-electron chi connectivity index (χ0n) is 49.8. The van der Waals surface area contributed by atoms with E-state index in [1.807, 2.05) is 99.6 Å². The number of ether oxygens (including phenoxy) is 6. The maximum atomic E-state index is 15.1. The first-order valence-electron chi connectivity index (χ1n) is 28.7. The van der Waals surface area contributed by atoms with Crippen LogP contribution in [0.4, 0.5) is 0 Å². The normalized spacial score (nSPS) is 15.2. The van der Waals surface area contributed by atoms with E-state index in [9.17, 15) is 33.6 Å². The standard InChI is InChI=1S/C63H81BrN8O14/c1-43(2)49(63(3,47-19-23-53-54(37-47)86-42-85-53)68-60(78)50(65)35-45-13-9-7-10-14-45)22-24-55(73)67-52(36-46-15-11-8-12-16-46)61(79)72(30-34-83-6)41-59(77)71(29-33-82-5)40-57(75)69(27-25-44-17-20-48(64)21-18-44)39-58(76)70(28-32-81-4)38-56(74)66-51-26-31-84-62(51)80/h7-24,37,43,49-52H,25-36,38-42,65H2,1-6H3,(H,66,74)(H,67,73)(H,68,78)/b24-22+/t49-,50-,51-,52-,63+/m0/s1. The highest BCUT2D eigenvalue weighted by Crippen LogP contribution is 2.41. The molecule has 4 aromatic rings. The molecule has 0 saturated carbocycles. The van der Waals surface area contributed by atoms with Crippen LogP contribution in [0.5, 0.6) is 11.5 Å². The van der Waals surface area contributed by atoms with Crippen molar-refractivity contribution >= 4 is 63.2 Å². The number of methoxy groups -OCH3 is 3. The van der Waals surface area contributed by atoms with Gasteiger partial charge in [-0.15, -0.1) is 0 Å². The van der Waals surface area contributed by atoms with E-state index in [1.165, 1.54) is 47.0 Å². The first kappa shape index (κ1) is 67.4. The van der Waals surface area contributed by atoms with Crippen LogP contribution in [0, 0.1) is 11.8 Å². The Kier molecular flexibility index (Phi) is 26.5. The van der Waals surface area contributed by atoms with Crippen molar-refractivity contribution in [2.24, 2.45) is 17.6 Å². The second-order valence-electron chi connectivity index (χ2n) is 21.6. The van der Waals surface area contributed by atoms with Crippen LogP contribution in [0.25, 0.3) is 0 Å². The van der Waals surface area contributed by atoms with Crippen LogP contribution in [-0.2, 0) is 82.1 Å². The van der Waals surface area contributed by atoms with Crippen LogP contribution in [-0.4, -0.2) is 192 Å². The van der Waals surface area contributed by atoms with Gasteiger partial charge in [-0.2, -0.15) is 0 Å². The van der Waals surface area contributed by atoms with E-state index < -0.39 is 103 Å². The molecule has 6 rings (SSSR count). The van der Waals surface area contributed by atoms with Gasteiger partial charge in [0.25, 0.3) is 0 Å². The lowest BCUT2D eigenvalue weighted by Crippen LogP contribution is -2.55. The number of carbonyl (C=O) groups is 8. The van der Waals surface area contributed by atoms with Crippen LogP contribution >= 0.6 is 15.9 Å². The van der Waals surface area contributed by atoms with Crippen molar-refractivity contribution in [1.29, 1.82) is 0 Å². The lowest BCUT2D eigenvalue weighted by molar-refractivity contribution is -0.147. The molecule has 23 heteroatoms. The fraction of sp³-hybridized carbons (Fsp3) is 0.460. The molecule has 2 aliphatic heterocycles. The SMILES string of the molecule is COCCN(CC(=O)N[C@H]1CCOC1=O)C(=O)CN(CCc1ccc(Br)cc1)C(=O)CN(CCOC)C(=O)CN(CCOC)C(=O)[C@H](Cc1ccccc1)NC(=O)/C=C/[C@@H](C(C)C)[C@](C)(NC(=O)[C@@H](N)Cc1ccccc1)c1ccc2c(c1)OCO2. The van der Waals surface area contributed by atoms with Crippen molar-refractivity contribution in [3.8, 4) is 11.5 Å². The maximum absolute atomic E-state index is 15.1. The fourth-order valence-electron chi connectivity index (χ4n) is 10.1. The largest absolute Gasteiger partial charge is 0.464 e. The molecular formula is C63H81BrN8O14. The minimum atomic E-state index is -1.23. The minimum absolute atomic E-state index is 0.00540. The summed E-state index contributed by atoms with van der Waals surface area (Å²) in [5.41, 5.74) is 8.51. The van der Waals surface area contributed by atoms with Gasteiger partial charge in [-0.25, -0.2) is 4.79 Å². The molecule has 2 heterocycles. The van der Waals surface area contributed by atoms with Crippen molar-refractivity contribution in [2.45, 2.75) is 70.1 Å². The van der Waals surface area contributed by atoms with E-state index in [0.29, 0.717) is 29.0 Å². The molecule has 5 N–H and O–H groups in total. The van der Waals surface area contributed by atoms with Gasteiger partial charge in [-0.05, 0) is 78.3 Å². The predicted octanol–water partition coefficient (Wildman–Crippen LogP) is 3.56. The summed E-state index contributed by atoms with van der Waals surface area (Å²) in [6.45, 7) is 3.94. The number of hydrogen-bond donors (Lipinski definition) is 4. The second-order valence-corrected chi connectivity index (χ2v) is 22.5. The van der Waals surface area contributed by atoms with Gasteiger partial charge in [0.2, 0.25) is 48.1 Å². The molecule has 464 valence electrons. The number of rotatable bonds is 34. The number of halogens is 1. The van der Waals surface area contributed by atoms with E-state index in [1.54, 1.807) is 30.3 Å². The van der Waals surface area contributed by atoms with Gasteiger partial charge in [-0.3, -0.25) is 33.6 Å². The van der Waals surface area contributed by atoms with Crippen LogP contribution in [0.3, 0.4) is 0 Å². The number of nitrogens with two attached hydrogens (primary N) is 1. The number of nitrogens with zero attached hydrogens (tertiary/aromatic N) is 4. The number of hydrogen-bond acceptors (Lipinski definition) is 15. The van der Waals surface area contributed by atoms with Gasteiger partial charge in [0.15, 0.2) is 11.5 Å². The molecule has 0 bridgehead atoms. The van der Waals surface area contributed by atoms with Crippen LogP contribution in [0.1, 0.15) is 49.4 Å². The molecular weight excluding hydrogens is 1170 g/mol. The molecule has 2 aliphatic rings. The highest BCUT2D eigenvalue weighted by molar-refractivity contribution is 9.10. The number of nitrogens with one attached hydrogen (secondary N) is 3. The highest BCUT2D eigenvalue weighted by atomic mass is 79.9. The Bertz CT molecular complexity index is 2940. The van der Waals surface area contributed by atoms with Gasteiger partial charge in [0, 0.05) is 70.7 Å². The van der Waals surface area contributed by atoms with E-state index in [2.05, 4.69) is 31.9 Å². The molecule has 0 aliphatic carbocycles. The first-order chi connectivity index (χ1) is 41.3. The third-order valence-corrected chi connectivity index (χ3v) is 15.5. The molecule has 0 aromatic heterocycles. The summed E-state index contributed by atoms with van der Waals surface area (Å²) in [7, 11) is 4.33. The van der Waals surface area contributed by atoms with Gasteiger partial charge in [0.1, 0.15) is 12.1 Å². The van der Waals surface area contributed by atoms with Crippen LogP contribution < -0.4 is 31.2 Å². The molecule has 0 unspecified atom stereocenters. The second kappa shape index (κ2) is 33.9. The summed E-state index contributed by atoms with van der Waals surface area (Å²) in [5.74, 6) is -4.37. The Labute approximate surface area is 511 Å². The van der Waals surface area contributed by atoms with Gasteiger partial charge in [0.05, 0.1) is 64.2 Å². The number of benzene rings is 4. The van der Waals surface area contributed by atoms with Crippen LogP contribution in [0.2, 0.25) is 0 Å². The number of carbonyl (C=O) groups excluding carboxylic acids is 8. The third kappa shape index (κ3) is 20.2. The van der Waals surface area contributed by atoms with E-state index >= 15 is 4.79 Å². The Balaban J connectivity index is 1.24. The average Bonchev–Trinajstić information content (AvgIpc) is 2.37. The molecule has 7 amide bonds. The van der Waals surface area contributed by atoms with Crippen molar-refractivity contribution in [3.63, 3.8) is 0 Å². The van der Waals surface area contributed by atoms with E-state index in [0.717, 1.165) is 15.6 Å². The summed E-state index contributed by atoms with van der Waals surface area (Å²) in [5, 5.41) is 8.76. The zero-order valence-corrected chi connectivity index (χ0v) is 51.4. The Hall–Kier alpha value is -7.70. The molecule has 5 atom stereocenters. The maximum Gasteiger partial charge on any atom is 0.328 e. The van der Waals surface area contributed by atoms with Crippen molar-refractivity contribution < 1.29 is 66.8 Å². The minimum Gasteiger partial charge on any atom is -0.464 e. The summed E-state index contributed by atoms with van der Waals surface area (Å²) >= 11 is 3.45. The summed E-state index contributed by atoms with van der Waals surface area (Å²) in [4.78, 5) is 118. The topological polar surface area (TPSA) is 267 Å². The average molecular weight is 1250 g/mol. The van der Waals surface area contributed by atoms with Gasteiger partial charge in [-0.1, -0.05) is 115 Å². The van der Waals surface area contributed by atoms with Crippen molar-refractivity contribution in [1.82, 2.24) is 35.6 Å². The summed E-state index contributed by atoms with van der Waals surface area (Å²) in [6, 6.07) is 28.4. The fourth-order valence-corrected chi connectivity index (χ4v) is 10.4. The monoisotopic (exact) mass is 1250 g/mol. The number of cyclic esters (lactones) is 1. The number of amides is 7. The van der Waals surface area contributed by atoms with Gasteiger partial charge < -0.3 is 69.7 Å². The van der Waals surface area contributed by atoms with E-state index in [-0.39, 0.29) is 84.6 Å². The van der Waals surface area contributed by atoms with Gasteiger partial charge >= 0.3 is 5.97 Å². The molecule has 4 aromatic carbocycles. The predicted molar refractivity (Wildman–Crippen MR) is 323 cm³/mol. The third-order valence-electron chi connectivity index (χ3n) is 15.0. The Morgan fingerprint density at radius 3 is 1.80 bits per heavy atom. The molecule has 1 fully saturated rings. The lowest BCUT2D eigenvalue weighted by atomic mass is 9.73. The Morgan fingerprint density at radius 1 is 0.686 bits per heavy atom. The molecule has 1 saturated heterocycles. The van der Waals surface area contributed by atoms with Crippen molar-refractivity contribution in [3.05, 3.63) is 142 Å². The van der Waals surface area contributed by atoms with Crippen molar-refractivity contribution in [2.75, 3.05) is 107 Å². The first-order valence-corrected chi connectivity index (χ1v) is 29.4. The Morgan fingerprint density at radius 2 is 1.23 bits per heavy atom. The van der Waals surface area contributed by atoms with Crippen LogP contribution in [0.15, 0.2) is 120 Å². The van der Waals surface area contributed by atoms with E-state index in [4.69, 9.17) is 34.2 Å². The molecule has 0 radical (unpaired) electrons. The summed E-state index contributed by atoms with van der Waals surface area (Å²) < 4.78 is 33.2. The smallest absolute Gasteiger partial charge is 0.328 e. The number of fused-ring (bicyclic) bond motifs is 1. The summed E-state index contributed by atoms with van der Waals surface area (Å²) in [6.07, 6.45) is 3.95. The quantitative estimate of drug-likeness (QED) is 0.0385. The molecule has 22 nitrogen and oxygen atoms in total. The number of esters is 1. The molecule has 86 heavy (non-hydrogen) atoms. The lowest BCUT2D eigenvalue weighted by Gasteiger charge is -2.40.